The van der Waals surface area contributed by atoms with E-state index in [0.717, 1.165) is 6.54 Å². The molecule has 1 aliphatic carbocycles. The van der Waals surface area contributed by atoms with Gasteiger partial charge in [0.05, 0.1) is 0 Å². The van der Waals surface area contributed by atoms with Gasteiger partial charge in [-0.2, -0.15) is 11.8 Å². The second-order valence-corrected chi connectivity index (χ2v) is 5.48. The molecule has 0 radical (unpaired) electrons. The second kappa shape index (κ2) is 4.91. The van der Waals surface area contributed by atoms with E-state index >= 15 is 0 Å². The molecule has 0 atom stereocenters. The maximum absolute atomic E-state index is 10.6. The van der Waals surface area contributed by atoms with Crippen molar-refractivity contribution in [2.24, 2.45) is 0 Å². The molecule has 0 spiro atoms. The molecule has 17 heavy (non-hydrogen) atoms. The molecule has 6 heteroatoms. The molecule has 92 valence electrons. The molecule has 1 heterocycles. The van der Waals surface area contributed by atoms with Crippen LogP contribution in [-0.4, -0.2) is 38.8 Å². The predicted molar refractivity (Wildman–Crippen MR) is 67.6 cm³/mol. The van der Waals surface area contributed by atoms with E-state index in [1.807, 2.05) is 11.8 Å². The van der Waals surface area contributed by atoms with Crippen molar-refractivity contribution in [2.75, 3.05) is 18.1 Å². The van der Waals surface area contributed by atoms with E-state index in [2.05, 4.69) is 21.8 Å². The largest absolute Gasteiger partial charge is 0.476 e. The maximum Gasteiger partial charge on any atom is 0.356 e. The number of carboxylic acid groups (broad SMARTS) is 1. The van der Waals surface area contributed by atoms with Gasteiger partial charge in [0.1, 0.15) is 5.82 Å². The zero-order valence-electron chi connectivity index (χ0n) is 9.64. The van der Waals surface area contributed by atoms with Gasteiger partial charge in [-0.1, -0.05) is 6.42 Å². The summed E-state index contributed by atoms with van der Waals surface area (Å²) in [5.41, 5.74) is -0.0289. The number of rotatable bonds is 5. The molecule has 2 N–H and O–H groups in total. The van der Waals surface area contributed by atoms with Crippen molar-refractivity contribution < 1.29 is 9.90 Å². The molecule has 1 aromatic rings. The average molecular weight is 253 g/mol. The third kappa shape index (κ3) is 2.69. The Bertz CT molecular complexity index is 398. The van der Waals surface area contributed by atoms with Gasteiger partial charge in [-0.3, -0.25) is 0 Å². The Morgan fingerprint density at radius 3 is 2.71 bits per heavy atom. The lowest BCUT2D eigenvalue weighted by atomic mass is 9.84. The average Bonchev–Trinajstić information content (AvgIpc) is 2.29. The lowest BCUT2D eigenvalue weighted by molar-refractivity contribution is 0.0689. The van der Waals surface area contributed by atoms with Crippen LogP contribution in [0, 0.1) is 0 Å². The van der Waals surface area contributed by atoms with E-state index in [1.54, 1.807) is 6.07 Å². The smallest absolute Gasteiger partial charge is 0.356 e. The first-order chi connectivity index (χ1) is 8.15. The number of nitrogens with zero attached hydrogens (tertiary/aromatic N) is 2. The number of anilines is 1. The second-order valence-electron chi connectivity index (χ2n) is 4.20. The number of thioether (sulfide) groups is 1. The van der Waals surface area contributed by atoms with E-state index in [0.29, 0.717) is 10.6 Å². The van der Waals surface area contributed by atoms with Gasteiger partial charge in [0.2, 0.25) is 0 Å². The normalized spacial score (nSPS) is 17.2. The van der Waals surface area contributed by atoms with Crippen molar-refractivity contribution >= 4 is 23.5 Å². The van der Waals surface area contributed by atoms with Crippen LogP contribution < -0.4 is 5.32 Å². The van der Waals surface area contributed by atoms with Gasteiger partial charge >= 0.3 is 5.97 Å². The van der Waals surface area contributed by atoms with Crippen LogP contribution in [-0.2, 0) is 0 Å². The van der Waals surface area contributed by atoms with Crippen LogP contribution in [0.25, 0.3) is 0 Å². The van der Waals surface area contributed by atoms with Gasteiger partial charge in [-0.05, 0) is 31.2 Å². The molecule has 1 aliphatic rings. The van der Waals surface area contributed by atoms with Crippen LogP contribution in [0.15, 0.2) is 12.1 Å². The number of carbonyl (C=O) groups is 1. The zero-order chi connectivity index (χ0) is 12.3. The molecule has 1 fully saturated rings. The Hall–Kier alpha value is -1.30. The molecule has 0 bridgehead atoms. The van der Waals surface area contributed by atoms with Crippen molar-refractivity contribution in [3.8, 4) is 0 Å². The summed E-state index contributed by atoms with van der Waals surface area (Å²) in [6.45, 7) is 0.856. The maximum atomic E-state index is 10.6. The topological polar surface area (TPSA) is 75.1 Å². The standard InChI is InChI=1S/C11H15N3O2S/c1-17-11(5-2-6-11)7-12-9-4-3-8(10(15)16)13-14-9/h3-4H,2,5-7H2,1H3,(H,12,14)(H,15,16). The van der Waals surface area contributed by atoms with E-state index < -0.39 is 5.97 Å². The first-order valence-corrected chi connectivity index (χ1v) is 6.74. The zero-order valence-corrected chi connectivity index (χ0v) is 10.5. The first-order valence-electron chi connectivity index (χ1n) is 5.51. The molecule has 0 saturated heterocycles. The van der Waals surface area contributed by atoms with Gasteiger partial charge in [0.15, 0.2) is 5.69 Å². The molecular formula is C11H15N3O2S. The molecule has 1 saturated carbocycles. The Morgan fingerprint density at radius 1 is 1.53 bits per heavy atom. The summed E-state index contributed by atoms with van der Waals surface area (Å²) in [6.07, 6.45) is 5.86. The van der Waals surface area contributed by atoms with Crippen LogP contribution in [0.2, 0.25) is 0 Å². The highest BCUT2D eigenvalue weighted by Gasteiger charge is 2.35. The lowest BCUT2D eigenvalue weighted by Crippen LogP contribution is -2.40. The van der Waals surface area contributed by atoms with Crippen molar-refractivity contribution in [2.45, 2.75) is 24.0 Å². The van der Waals surface area contributed by atoms with Crippen LogP contribution in [0.3, 0.4) is 0 Å². The molecule has 5 nitrogen and oxygen atoms in total. The number of hydrogen-bond donors (Lipinski definition) is 2. The highest BCUT2D eigenvalue weighted by molar-refractivity contribution is 8.00. The quantitative estimate of drug-likeness (QED) is 0.834. The van der Waals surface area contributed by atoms with Crippen molar-refractivity contribution in [3.63, 3.8) is 0 Å². The Morgan fingerprint density at radius 2 is 2.29 bits per heavy atom. The Balaban J connectivity index is 1.93. The van der Waals surface area contributed by atoms with Crippen molar-refractivity contribution in [3.05, 3.63) is 17.8 Å². The summed E-state index contributed by atoms with van der Waals surface area (Å²) in [7, 11) is 0. The molecule has 0 aromatic carbocycles. The van der Waals surface area contributed by atoms with Gasteiger partial charge in [-0.25, -0.2) is 4.79 Å². The fourth-order valence-corrected chi connectivity index (χ4v) is 2.73. The highest BCUT2D eigenvalue weighted by atomic mass is 32.2. The summed E-state index contributed by atoms with van der Waals surface area (Å²) in [5, 5.41) is 19.4. The molecule has 2 rings (SSSR count). The summed E-state index contributed by atoms with van der Waals surface area (Å²) in [5.74, 6) is -0.418. The SMILES string of the molecule is CSC1(CNc2ccc(C(=O)O)nn2)CCC1. The summed E-state index contributed by atoms with van der Waals surface area (Å²) >= 11 is 1.88. The van der Waals surface area contributed by atoms with Crippen molar-refractivity contribution in [1.29, 1.82) is 0 Å². The molecule has 0 aliphatic heterocycles. The lowest BCUT2D eigenvalue weighted by Gasteiger charge is -2.40. The minimum Gasteiger partial charge on any atom is -0.476 e. The number of hydrogen-bond acceptors (Lipinski definition) is 5. The third-order valence-electron chi connectivity index (χ3n) is 3.17. The monoisotopic (exact) mass is 253 g/mol. The van der Waals surface area contributed by atoms with E-state index in [4.69, 9.17) is 5.11 Å². The fourth-order valence-electron chi connectivity index (χ4n) is 1.82. The van der Waals surface area contributed by atoms with E-state index in [1.165, 1.54) is 25.3 Å². The van der Waals surface area contributed by atoms with Crippen LogP contribution >= 0.6 is 11.8 Å². The predicted octanol–water partition coefficient (Wildman–Crippen LogP) is 1.87. The van der Waals surface area contributed by atoms with Crippen LogP contribution in [0.4, 0.5) is 5.82 Å². The Kier molecular flexibility index (Phi) is 3.51. The molecule has 0 unspecified atom stereocenters. The molecular weight excluding hydrogens is 238 g/mol. The van der Waals surface area contributed by atoms with E-state index in [-0.39, 0.29) is 5.69 Å². The van der Waals surface area contributed by atoms with Gasteiger partial charge in [0, 0.05) is 11.3 Å². The third-order valence-corrected chi connectivity index (χ3v) is 4.59. The summed E-state index contributed by atoms with van der Waals surface area (Å²) in [4.78, 5) is 10.6. The van der Waals surface area contributed by atoms with Crippen molar-refractivity contribution in [1.82, 2.24) is 10.2 Å². The first kappa shape index (κ1) is 12.2. The molecule has 0 amide bonds. The number of carboxylic acids is 1. The summed E-state index contributed by atoms with van der Waals surface area (Å²) < 4.78 is 0.327. The van der Waals surface area contributed by atoms with Gasteiger partial charge in [-0.15, -0.1) is 10.2 Å². The highest BCUT2D eigenvalue weighted by Crippen LogP contribution is 2.42. The minimum atomic E-state index is -1.05. The fraction of sp³-hybridized carbons (Fsp3) is 0.545. The Labute approximate surface area is 104 Å². The van der Waals surface area contributed by atoms with Gasteiger partial charge in [0.25, 0.3) is 0 Å². The van der Waals surface area contributed by atoms with Crippen LogP contribution in [0.5, 0.6) is 0 Å². The van der Waals surface area contributed by atoms with Crippen LogP contribution in [0.1, 0.15) is 29.8 Å². The number of aromatic carboxylic acids is 1. The van der Waals surface area contributed by atoms with E-state index in [9.17, 15) is 4.79 Å². The molecule has 1 aromatic heterocycles. The number of aromatic nitrogens is 2. The van der Waals surface area contributed by atoms with Gasteiger partial charge < -0.3 is 10.4 Å². The summed E-state index contributed by atoms with van der Waals surface area (Å²) in [6, 6.07) is 3.12. The number of nitrogens with one attached hydrogen (secondary N) is 1. The minimum absolute atomic E-state index is 0.0289.